The lowest BCUT2D eigenvalue weighted by atomic mass is 10.4. The van der Waals surface area contributed by atoms with Crippen LogP contribution in [0.3, 0.4) is 0 Å². The average Bonchev–Trinajstić information content (AvgIpc) is 2.31. The van der Waals surface area contributed by atoms with E-state index in [0.29, 0.717) is 23.4 Å². The summed E-state index contributed by atoms with van der Waals surface area (Å²) in [6, 6.07) is 3.63. The van der Waals surface area contributed by atoms with E-state index in [1.807, 2.05) is 13.0 Å². The first-order valence-electron chi connectivity index (χ1n) is 5.19. The summed E-state index contributed by atoms with van der Waals surface area (Å²) < 4.78 is 10.3. The van der Waals surface area contributed by atoms with Crippen LogP contribution >= 0.6 is 15.9 Å². The van der Waals surface area contributed by atoms with Crippen molar-refractivity contribution in [2.45, 2.75) is 13.8 Å². The third-order valence-corrected chi connectivity index (χ3v) is 2.38. The van der Waals surface area contributed by atoms with Crippen molar-refractivity contribution in [2.75, 3.05) is 11.9 Å². The van der Waals surface area contributed by atoms with Gasteiger partial charge in [-0.25, -0.2) is 4.79 Å². The minimum absolute atomic E-state index is 0.344. The number of hydrogen-bond acceptors (Lipinski definition) is 4. The lowest BCUT2D eigenvalue weighted by Crippen LogP contribution is -2.05. The molecule has 0 aliphatic carbocycles. The minimum atomic E-state index is -0.415. The van der Waals surface area contributed by atoms with E-state index in [9.17, 15) is 4.79 Å². The molecule has 1 aromatic heterocycles. The van der Waals surface area contributed by atoms with Crippen molar-refractivity contribution >= 4 is 21.9 Å². The van der Waals surface area contributed by atoms with E-state index in [1.165, 1.54) is 6.08 Å². The van der Waals surface area contributed by atoms with Gasteiger partial charge in [0.05, 0.1) is 24.2 Å². The second kappa shape index (κ2) is 7.06. The fourth-order valence-electron chi connectivity index (χ4n) is 1.08. The second-order valence-corrected chi connectivity index (χ2v) is 3.79. The molecule has 1 rings (SSSR count). The molecule has 92 valence electrons. The Hall–Kier alpha value is -1.36. The Morgan fingerprint density at radius 3 is 2.82 bits per heavy atom. The number of ether oxygens (including phenoxy) is 2. The van der Waals surface area contributed by atoms with Crippen molar-refractivity contribution in [3.05, 3.63) is 35.9 Å². The van der Waals surface area contributed by atoms with Gasteiger partial charge < -0.3 is 9.47 Å². The van der Waals surface area contributed by atoms with Gasteiger partial charge in [-0.2, -0.15) is 0 Å². The second-order valence-electron chi connectivity index (χ2n) is 3.23. The molecule has 0 aromatic carbocycles. The van der Waals surface area contributed by atoms with E-state index in [-0.39, 0.29) is 0 Å². The maximum absolute atomic E-state index is 11.2. The van der Waals surface area contributed by atoms with Crippen molar-refractivity contribution in [3.8, 4) is 5.75 Å². The number of hydrogen-bond donors (Lipinski definition) is 0. The van der Waals surface area contributed by atoms with Crippen LogP contribution in [0.25, 0.3) is 0 Å². The summed E-state index contributed by atoms with van der Waals surface area (Å²) in [4.78, 5) is 15.3. The molecule has 17 heavy (non-hydrogen) atoms. The first-order valence-corrected chi connectivity index (χ1v) is 6.31. The van der Waals surface area contributed by atoms with Crippen LogP contribution < -0.4 is 4.74 Å². The highest BCUT2D eigenvalue weighted by atomic mass is 79.9. The lowest BCUT2D eigenvalue weighted by Gasteiger charge is -2.07. The molecular formula is C12H14BrNO3. The van der Waals surface area contributed by atoms with E-state index >= 15 is 0 Å². The SMILES string of the molecule is CCOC(=O)/C=C(/CBr)Oc1ccc(C)nc1. The first kappa shape index (κ1) is 13.7. The third-order valence-electron chi connectivity index (χ3n) is 1.83. The molecule has 4 nitrogen and oxygen atoms in total. The summed E-state index contributed by atoms with van der Waals surface area (Å²) in [6.07, 6.45) is 2.93. The number of carbonyl (C=O) groups excluding carboxylic acids is 1. The molecule has 0 aliphatic heterocycles. The topological polar surface area (TPSA) is 48.4 Å². The van der Waals surface area contributed by atoms with E-state index in [2.05, 4.69) is 20.9 Å². The zero-order chi connectivity index (χ0) is 12.7. The minimum Gasteiger partial charge on any atom is -0.463 e. The Labute approximate surface area is 109 Å². The van der Waals surface area contributed by atoms with E-state index < -0.39 is 5.97 Å². The number of aromatic nitrogens is 1. The Kier molecular flexibility index (Phi) is 5.69. The molecule has 1 heterocycles. The maximum Gasteiger partial charge on any atom is 0.334 e. The predicted octanol–water partition coefficient (Wildman–Crippen LogP) is 2.61. The van der Waals surface area contributed by atoms with Gasteiger partial charge in [0.25, 0.3) is 0 Å². The lowest BCUT2D eigenvalue weighted by molar-refractivity contribution is -0.137. The monoisotopic (exact) mass is 299 g/mol. The summed E-state index contributed by atoms with van der Waals surface area (Å²) in [5.41, 5.74) is 0.909. The quantitative estimate of drug-likeness (QED) is 0.363. The van der Waals surface area contributed by atoms with Crippen LogP contribution in [0.4, 0.5) is 0 Å². The predicted molar refractivity (Wildman–Crippen MR) is 68.1 cm³/mol. The van der Waals surface area contributed by atoms with Gasteiger partial charge in [-0.15, -0.1) is 0 Å². The van der Waals surface area contributed by atoms with Crippen molar-refractivity contribution in [2.24, 2.45) is 0 Å². The summed E-state index contributed by atoms with van der Waals surface area (Å²) in [5.74, 6) is 0.654. The Balaban J connectivity index is 2.69. The smallest absolute Gasteiger partial charge is 0.334 e. The number of allylic oxidation sites excluding steroid dienone is 1. The van der Waals surface area contributed by atoms with Crippen molar-refractivity contribution in [1.82, 2.24) is 4.98 Å². The number of aryl methyl sites for hydroxylation is 1. The number of carbonyl (C=O) groups is 1. The molecule has 0 aliphatic rings. The van der Waals surface area contributed by atoms with Crippen LogP contribution in [0.2, 0.25) is 0 Å². The molecule has 0 bridgehead atoms. The van der Waals surface area contributed by atoms with Gasteiger partial charge in [0.2, 0.25) is 0 Å². The van der Waals surface area contributed by atoms with Crippen molar-refractivity contribution in [3.63, 3.8) is 0 Å². The molecule has 0 spiro atoms. The first-order chi connectivity index (χ1) is 8.15. The van der Waals surface area contributed by atoms with Crippen molar-refractivity contribution in [1.29, 1.82) is 0 Å². The van der Waals surface area contributed by atoms with Crippen LogP contribution in [0, 0.1) is 6.92 Å². The van der Waals surface area contributed by atoms with Crippen LogP contribution in [0.5, 0.6) is 5.75 Å². The third kappa shape index (κ3) is 4.99. The van der Waals surface area contributed by atoms with Crippen LogP contribution in [0.15, 0.2) is 30.2 Å². The molecule has 0 saturated heterocycles. The summed E-state index contributed by atoms with van der Waals surface area (Å²) in [5, 5.41) is 0.430. The number of esters is 1. The van der Waals surface area contributed by atoms with Gasteiger partial charge in [-0.3, -0.25) is 4.98 Å². The molecule has 0 unspecified atom stereocenters. The fourth-order valence-corrected chi connectivity index (χ4v) is 1.35. The average molecular weight is 300 g/mol. The number of pyridine rings is 1. The zero-order valence-electron chi connectivity index (χ0n) is 9.77. The number of halogens is 1. The highest BCUT2D eigenvalue weighted by Crippen LogP contribution is 2.14. The van der Waals surface area contributed by atoms with Gasteiger partial charge in [0.15, 0.2) is 0 Å². The largest absolute Gasteiger partial charge is 0.463 e. The Bertz CT molecular complexity index is 401. The molecule has 0 saturated carbocycles. The zero-order valence-corrected chi connectivity index (χ0v) is 11.4. The molecule has 1 aromatic rings. The van der Waals surface area contributed by atoms with Gasteiger partial charge in [0, 0.05) is 5.69 Å². The Morgan fingerprint density at radius 1 is 1.53 bits per heavy atom. The normalized spacial score (nSPS) is 11.1. The van der Waals surface area contributed by atoms with Gasteiger partial charge >= 0.3 is 5.97 Å². The molecule has 0 atom stereocenters. The molecule has 0 N–H and O–H groups in total. The van der Waals surface area contributed by atoms with Gasteiger partial charge in [-0.05, 0) is 26.0 Å². The molecule has 0 amide bonds. The fraction of sp³-hybridized carbons (Fsp3) is 0.333. The summed E-state index contributed by atoms with van der Waals surface area (Å²) in [6.45, 7) is 3.99. The highest BCUT2D eigenvalue weighted by molar-refractivity contribution is 9.09. The molecule has 0 fully saturated rings. The Morgan fingerprint density at radius 2 is 2.29 bits per heavy atom. The van der Waals surface area contributed by atoms with Gasteiger partial charge in [-0.1, -0.05) is 15.9 Å². The summed E-state index contributed by atoms with van der Waals surface area (Å²) in [7, 11) is 0. The van der Waals surface area contributed by atoms with E-state index in [4.69, 9.17) is 9.47 Å². The highest BCUT2D eigenvalue weighted by Gasteiger charge is 2.04. The number of rotatable bonds is 5. The maximum atomic E-state index is 11.2. The molecule has 5 heteroatoms. The van der Waals surface area contributed by atoms with Crippen LogP contribution in [-0.2, 0) is 9.53 Å². The van der Waals surface area contributed by atoms with Crippen molar-refractivity contribution < 1.29 is 14.3 Å². The number of nitrogens with zero attached hydrogens (tertiary/aromatic N) is 1. The standard InChI is InChI=1S/C12H14BrNO3/c1-3-16-12(15)6-11(7-13)17-10-5-4-9(2)14-8-10/h4-6,8H,3,7H2,1-2H3/b11-6-. The number of alkyl halides is 1. The summed E-state index contributed by atoms with van der Waals surface area (Å²) >= 11 is 3.25. The van der Waals surface area contributed by atoms with Crippen LogP contribution in [0.1, 0.15) is 12.6 Å². The van der Waals surface area contributed by atoms with E-state index in [1.54, 1.807) is 19.2 Å². The van der Waals surface area contributed by atoms with Gasteiger partial charge in [0.1, 0.15) is 11.5 Å². The molecule has 0 radical (unpaired) electrons. The molecular weight excluding hydrogens is 286 g/mol. The van der Waals surface area contributed by atoms with E-state index in [0.717, 1.165) is 5.69 Å². The van der Waals surface area contributed by atoms with Crippen LogP contribution in [-0.4, -0.2) is 22.9 Å².